The summed E-state index contributed by atoms with van der Waals surface area (Å²) >= 11 is 0. The van der Waals surface area contributed by atoms with E-state index in [1.807, 2.05) is 0 Å². The van der Waals surface area contributed by atoms with E-state index in [2.05, 4.69) is 27.4 Å². The van der Waals surface area contributed by atoms with E-state index in [0.717, 1.165) is 24.7 Å². The molecule has 0 amide bonds. The summed E-state index contributed by atoms with van der Waals surface area (Å²) in [5.74, 6) is 0. The SMILES string of the molecule is C=C1C[C@H](C=O)O[C@H]1CCC(C)(C)C. The molecule has 0 aromatic carbocycles. The quantitative estimate of drug-likeness (QED) is 0.512. The minimum Gasteiger partial charge on any atom is -0.363 e. The summed E-state index contributed by atoms with van der Waals surface area (Å²) in [4.78, 5) is 10.5. The molecule has 0 unspecified atom stereocenters. The lowest BCUT2D eigenvalue weighted by Gasteiger charge is -2.20. The van der Waals surface area contributed by atoms with E-state index >= 15 is 0 Å². The summed E-state index contributed by atoms with van der Waals surface area (Å²) < 4.78 is 5.55. The molecule has 0 bridgehead atoms. The molecule has 0 radical (unpaired) electrons. The summed E-state index contributed by atoms with van der Waals surface area (Å²) in [7, 11) is 0. The van der Waals surface area contributed by atoms with Gasteiger partial charge in [-0.1, -0.05) is 27.4 Å². The fraction of sp³-hybridized carbons (Fsp3) is 0.750. The Kier molecular flexibility index (Phi) is 3.48. The normalized spacial score (nSPS) is 28.1. The van der Waals surface area contributed by atoms with Crippen LogP contribution in [0.2, 0.25) is 0 Å². The van der Waals surface area contributed by atoms with Crippen LogP contribution < -0.4 is 0 Å². The third kappa shape index (κ3) is 3.26. The van der Waals surface area contributed by atoms with Gasteiger partial charge in [0.25, 0.3) is 0 Å². The van der Waals surface area contributed by atoms with E-state index in [0.29, 0.717) is 11.8 Å². The molecule has 2 atom stereocenters. The van der Waals surface area contributed by atoms with E-state index < -0.39 is 0 Å². The van der Waals surface area contributed by atoms with Crippen LogP contribution in [0.25, 0.3) is 0 Å². The first-order valence-corrected chi connectivity index (χ1v) is 5.21. The second kappa shape index (κ2) is 4.26. The molecule has 0 aromatic heterocycles. The minimum absolute atomic E-state index is 0.101. The van der Waals surface area contributed by atoms with Gasteiger partial charge in [-0.3, -0.25) is 0 Å². The Bertz CT molecular complexity index is 225. The maximum absolute atomic E-state index is 10.5. The average molecular weight is 196 g/mol. The molecule has 14 heavy (non-hydrogen) atoms. The number of carbonyl (C=O) groups is 1. The van der Waals surface area contributed by atoms with Crippen molar-refractivity contribution in [1.29, 1.82) is 0 Å². The number of rotatable bonds is 3. The number of ether oxygens (including phenoxy) is 1. The number of hydrogen-bond donors (Lipinski definition) is 0. The molecule has 1 aliphatic heterocycles. The Morgan fingerprint density at radius 2 is 2.21 bits per heavy atom. The topological polar surface area (TPSA) is 26.3 Å². The molecule has 1 aliphatic rings. The molecule has 0 N–H and O–H groups in total. The first-order chi connectivity index (χ1) is 6.42. The third-order valence-electron chi connectivity index (χ3n) is 2.57. The Balaban J connectivity index is 2.39. The molecular weight excluding hydrogens is 176 g/mol. The molecule has 1 saturated heterocycles. The van der Waals surface area contributed by atoms with Crippen LogP contribution in [0.3, 0.4) is 0 Å². The van der Waals surface area contributed by atoms with Crippen molar-refractivity contribution in [3.8, 4) is 0 Å². The van der Waals surface area contributed by atoms with Crippen molar-refractivity contribution in [3.05, 3.63) is 12.2 Å². The Labute approximate surface area is 86.3 Å². The van der Waals surface area contributed by atoms with Gasteiger partial charge in [0.1, 0.15) is 12.4 Å². The van der Waals surface area contributed by atoms with E-state index in [9.17, 15) is 4.79 Å². The molecule has 0 aromatic rings. The first kappa shape index (κ1) is 11.4. The van der Waals surface area contributed by atoms with E-state index in [4.69, 9.17) is 4.74 Å². The molecule has 1 fully saturated rings. The highest BCUT2D eigenvalue weighted by Crippen LogP contribution is 2.30. The van der Waals surface area contributed by atoms with Gasteiger partial charge < -0.3 is 9.53 Å². The molecule has 0 aliphatic carbocycles. The Morgan fingerprint density at radius 1 is 1.57 bits per heavy atom. The maximum Gasteiger partial charge on any atom is 0.149 e. The van der Waals surface area contributed by atoms with E-state index in [1.54, 1.807) is 0 Å². The van der Waals surface area contributed by atoms with Gasteiger partial charge in [-0.15, -0.1) is 0 Å². The molecule has 2 nitrogen and oxygen atoms in total. The van der Waals surface area contributed by atoms with Crippen LogP contribution in [0.1, 0.15) is 40.0 Å². The van der Waals surface area contributed by atoms with Crippen LogP contribution >= 0.6 is 0 Å². The lowest BCUT2D eigenvalue weighted by atomic mass is 9.88. The highest BCUT2D eigenvalue weighted by atomic mass is 16.5. The van der Waals surface area contributed by atoms with Crippen LogP contribution in [0, 0.1) is 5.41 Å². The molecule has 2 heteroatoms. The van der Waals surface area contributed by atoms with Crippen molar-refractivity contribution in [2.24, 2.45) is 5.41 Å². The summed E-state index contributed by atoms with van der Waals surface area (Å²) in [6, 6.07) is 0. The lowest BCUT2D eigenvalue weighted by Crippen LogP contribution is -2.15. The molecule has 0 spiro atoms. The average Bonchev–Trinajstić information content (AvgIpc) is 2.42. The van der Waals surface area contributed by atoms with Gasteiger partial charge in [-0.05, 0) is 23.8 Å². The number of hydrogen-bond acceptors (Lipinski definition) is 2. The zero-order chi connectivity index (χ0) is 10.8. The highest BCUT2D eigenvalue weighted by molar-refractivity contribution is 5.58. The molecule has 80 valence electrons. The fourth-order valence-corrected chi connectivity index (χ4v) is 1.66. The van der Waals surface area contributed by atoms with Crippen molar-refractivity contribution in [2.45, 2.75) is 52.2 Å². The number of aldehydes is 1. The van der Waals surface area contributed by atoms with Crippen LogP contribution in [0.15, 0.2) is 12.2 Å². The zero-order valence-corrected chi connectivity index (χ0v) is 9.38. The predicted molar refractivity (Wildman–Crippen MR) is 57.2 cm³/mol. The molecule has 0 saturated carbocycles. The second-order valence-electron chi connectivity index (χ2n) is 5.26. The van der Waals surface area contributed by atoms with Gasteiger partial charge in [0.2, 0.25) is 0 Å². The van der Waals surface area contributed by atoms with Crippen molar-refractivity contribution >= 4 is 6.29 Å². The zero-order valence-electron chi connectivity index (χ0n) is 9.38. The van der Waals surface area contributed by atoms with Crippen molar-refractivity contribution in [1.82, 2.24) is 0 Å². The van der Waals surface area contributed by atoms with Gasteiger partial charge in [-0.25, -0.2) is 0 Å². The van der Waals surface area contributed by atoms with Gasteiger partial charge >= 0.3 is 0 Å². The van der Waals surface area contributed by atoms with Crippen LogP contribution in [-0.2, 0) is 9.53 Å². The maximum atomic E-state index is 10.5. The standard InChI is InChI=1S/C12H20O2/c1-9-7-10(8-13)14-11(9)5-6-12(2,3)4/h8,10-11H,1,5-7H2,2-4H3/t10-,11+/m1/s1. The van der Waals surface area contributed by atoms with Crippen molar-refractivity contribution < 1.29 is 9.53 Å². The summed E-state index contributed by atoms with van der Waals surface area (Å²) in [6.45, 7) is 10.6. The predicted octanol–water partition coefficient (Wildman–Crippen LogP) is 2.73. The van der Waals surface area contributed by atoms with Crippen molar-refractivity contribution in [3.63, 3.8) is 0 Å². The molecule has 1 rings (SSSR count). The van der Waals surface area contributed by atoms with Crippen LogP contribution in [-0.4, -0.2) is 18.5 Å². The second-order valence-corrected chi connectivity index (χ2v) is 5.26. The van der Waals surface area contributed by atoms with E-state index in [-0.39, 0.29) is 12.2 Å². The van der Waals surface area contributed by atoms with Gasteiger partial charge in [-0.2, -0.15) is 0 Å². The summed E-state index contributed by atoms with van der Waals surface area (Å²) in [5, 5.41) is 0. The van der Waals surface area contributed by atoms with Crippen LogP contribution in [0.5, 0.6) is 0 Å². The largest absolute Gasteiger partial charge is 0.363 e. The van der Waals surface area contributed by atoms with Crippen LogP contribution in [0.4, 0.5) is 0 Å². The highest BCUT2D eigenvalue weighted by Gasteiger charge is 2.28. The third-order valence-corrected chi connectivity index (χ3v) is 2.57. The minimum atomic E-state index is -0.243. The first-order valence-electron chi connectivity index (χ1n) is 5.21. The van der Waals surface area contributed by atoms with Crippen molar-refractivity contribution in [2.75, 3.05) is 0 Å². The molecular formula is C12H20O2. The van der Waals surface area contributed by atoms with E-state index in [1.165, 1.54) is 0 Å². The lowest BCUT2D eigenvalue weighted by molar-refractivity contribution is -0.117. The van der Waals surface area contributed by atoms with Gasteiger partial charge in [0, 0.05) is 6.42 Å². The van der Waals surface area contributed by atoms with Gasteiger partial charge in [0.05, 0.1) is 6.10 Å². The Hall–Kier alpha value is -0.630. The van der Waals surface area contributed by atoms with Gasteiger partial charge in [0.15, 0.2) is 0 Å². The smallest absolute Gasteiger partial charge is 0.149 e. The fourth-order valence-electron chi connectivity index (χ4n) is 1.66. The monoisotopic (exact) mass is 196 g/mol. The summed E-state index contributed by atoms with van der Waals surface area (Å²) in [6.07, 6.45) is 3.52. The Morgan fingerprint density at radius 3 is 2.64 bits per heavy atom. The molecule has 1 heterocycles. The number of carbonyl (C=O) groups excluding carboxylic acids is 1. The summed E-state index contributed by atoms with van der Waals surface area (Å²) in [5.41, 5.74) is 1.40.